The number of carbonyl (C=O) groups is 1. The molecule has 0 aliphatic heterocycles. The van der Waals surface area contributed by atoms with E-state index in [2.05, 4.69) is 0 Å². The molecule has 0 amide bonds. The summed E-state index contributed by atoms with van der Waals surface area (Å²) < 4.78 is 38.4. The van der Waals surface area contributed by atoms with Gasteiger partial charge in [-0.05, 0) is 41.8 Å². The van der Waals surface area contributed by atoms with Crippen LogP contribution in [0, 0.1) is 0 Å². The highest BCUT2D eigenvalue weighted by molar-refractivity contribution is 5.90. The van der Waals surface area contributed by atoms with Crippen LogP contribution < -0.4 is 0 Å². The van der Waals surface area contributed by atoms with Gasteiger partial charge in [-0.3, -0.25) is 4.79 Å². The maximum atomic E-state index is 12.8. The summed E-state index contributed by atoms with van der Waals surface area (Å²) in [5.41, 5.74) is 0.668. The van der Waals surface area contributed by atoms with E-state index >= 15 is 0 Å². The largest absolute Gasteiger partial charge is 0.508 e. The van der Waals surface area contributed by atoms with Crippen LogP contribution in [-0.2, 0) is 11.2 Å². The van der Waals surface area contributed by atoms with Crippen LogP contribution in [0.4, 0.5) is 13.2 Å². The molecule has 3 nitrogen and oxygen atoms in total. The molecule has 0 fully saturated rings. The van der Waals surface area contributed by atoms with Gasteiger partial charge in [-0.1, -0.05) is 24.3 Å². The Labute approximate surface area is 124 Å². The van der Waals surface area contributed by atoms with Crippen molar-refractivity contribution in [1.29, 1.82) is 0 Å². The Morgan fingerprint density at radius 1 is 0.909 bits per heavy atom. The maximum absolute atomic E-state index is 12.8. The third kappa shape index (κ3) is 3.78. The molecular weight excluding hydrogens is 297 g/mol. The van der Waals surface area contributed by atoms with Crippen LogP contribution in [-0.4, -0.2) is 22.2 Å². The van der Waals surface area contributed by atoms with Gasteiger partial charge in [-0.15, -0.1) is 0 Å². The topological polar surface area (TPSA) is 57.5 Å². The number of halogens is 3. The Balaban J connectivity index is 2.35. The Kier molecular flexibility index (Phi) is 4.40. The van der Waals surface area contributed by atoms with Gasteiger partial charge in [0.05, 0.1) is 5.92 Å². The highest BCUT2D eigenvalue weighted by Crippen LogP contribution is 2.31. The van der Waals surface area contributed by atoms with Crippen molar-refractivity contribution in [2.75, 3.05) is 0 Å². The number of hydrogen-bond donors (Lipinski definition) is 2. The Hall–Kier alpha value is -2.50. The first-order chi connectivity index (χ1) is 10.3. The minimum atomic E-state index is -4.94. The molecule has 0 spiro atoms. The molecule has 2 aromatic carbocycles. The van der Waals surface area contributed by atoms with Gasteiger partial charge in [0.1, 0.15) is 11.5 Å². The lowest BCUT2D eigenvalue weighted by Crippen LogP contribution is -2.30. The summed E-state index contributed by atoms with van der Waals surface area (Å²) >= 11 is 0. The number of hydrogen-bond acceptors (Lipinski definition) is 3. The van der Waals surface area contributed by atoms with Crippen LogP contribution in [0.1, 0.15) is 17.0 Å². The van der Waals surface area contributed by atoms with Crippen molar-refractivity contribution in [2.45, 2.75) is 18.5 Å². The van der Waals surface area contributed by atoms with Crippen molar-refractivity contribution < 1.29 is 28.2 Å². The molecule has 22 heavy (non-hydrogen) atoms. The van der Waals surface area contributed by atoms with E-state index in [0.717, 1.165) is 0 Å². The molecule has 0 radical (unpaired) electrons. The Bertz CT molecular complexity index is 646. The van der Waals surface area contributed by atoms with Gasteiger partial charge in [0.2, 0.25) is 5.78 Å². The third-order valence-corrected chi connectivity index (χ3v) is 3.27. The van der Waals surface area contributed by atoms with Gasteiger partial charge in [0, 0.05) is 0 Å². The van der Waals surface area contributed by atoms with Crippen molar-refractivity contribution in [3.63, 3.8) is 0 Å². The molecule has 0 aliphatic rings. The van der Waals surface area contributed by atoms with E-state index in [1.165, 1.54) is 48.5 Å². The molecule has 116 valence electrons. The molecule has 0 bridgehead atoms. The number of alkyl halides is 3. The lowest BCUT2D eigenvalue weighted by Gasteiger charge is -2.18. The maximum Gasteiger partial charge on any atom is 0.450 e. The zero-order valence-corrected chi connectivity index (χ0v) is 11.3. The molecular formula is C16H13F3O3. The molecule has 0 saturated heterocycles. The normalized spacial score (nSPS) is 12.9. The van der Waals surface area contributed by atoms with Crippen molar-refractivity contribution in [2.24, 2.45) is 0 Å². The molecule has 0 aliphatic carbocycles. The van der Waals surface area contributed by atoms with Crippen LogP contribution >= 0.6 is 0 Å². The Morgan fingerprint density at radius 3 is 1.82 bits per heavy atom. The fraction of sp³-hybridized carbons (Fsp3) is 0.188. The minimum Gasteiger partial charge on any atom is -0.508 e. The zero-order valence-electron chi connectivity index (χ0n) is 11.3. The molecule has 0 saturated carbocycles. The number of carbonyl (C=O) groups excluding carboxylic acids is 1. The predicted molar refractivity (Wildman–Crippen MR) is 73.7 cm³/mol. The van der Waals surface area contributed by atoms with Crippen LogP contribution in [0.2, 0.25) is 0 Å². The number of benzene rings is 2. The molecule has 6 heteroatoms. The SMILES string of the molecule is O=C([C@H](Cc1ccc(O)cc1)c1ccc(O)cc1)C(F)(F)F. The first kappa shape index (κ1) is 15.9. The highest BCUT2D eigenvalue weighted by Gasteiger charge is 2.43. The van der Waals surface area contributed by atoms with Gasteiger partial charge in [0.25, 0.3) is 0 Å². The molecule has 2 N–H and O–H groups in total. The van der Waals surface area contributed by atoms with Crippen molar-refractivity contribution in [3.05, 3.63) is 59.7 Å². The lowest BCUT2D eigenvalue weighted by molar-refractivity contribution is -0.172. The number of rotatable bonds is 4. The van der Waals surface area contributed by atoms with Crippen molar-refractivity contribution in [1.82, 2.24) is 0 Å². The average molecular weight is 310 g/mol. The first-order valence-electron chi connectivity index (χ1n) is 6.45. The quantitative estimate of drug-likeness (QED) is 0.908. The molecule has 0 aromatic heterocycles. The van der Waals surface area contributed by atoms with Crippen LogP contribution in [0.3, 0.4) is 0 Å². The number of aromatic hydroxyl groups is 2. The van der Waals surface area contributed by atoms with Crippen molar-refractivity contribution >= 4 is 5.78 Å². The second-order valence-corrected chi connectivity index (χ2v) is 4.88. The smallest absolute Gasteiger partial charge is 0.450 e. The van der Waals surface area contributed by atoms with E-state index in [0.29, 0.717) is 5.56 Å². The summed E-state index contributed by atoms with van der Waals surface area (Å²) in [7, 11) is 0. The van der Waals surface area contributed by atoms with E-state index in [1.54, 1.807) is 0 Å². The number of Topliss-reactive ketones (excluding diaryl/α,β-unsaturated/α-hetero) is 1. The summed E-state index contributed by atoms with van der Waals surface area (Å²) in [5, 5.41) is 18.4. The fourth-order valence-electron chi connectivity index (χ4n) is 2.13. The summed E-state index contributed by atoms with van der Waals surface area (Å²) in [5.74, 6) is -3.34. The van der Waals surface area contributed by atoms with Gasteiger partial charge in [0.15, 0.2) is 0 Å². The van der Waals surface area contributed by atoms with E-state index in [4.69, 9.17) is 0 Å². The monoisotopic (exact) mass is 310 g/mol. The van der Waals surface area contributed by atoms with Gasteiger partial charge < -0.3 is 10.2 Å². The van der Waals surface area contributed by atoms with E-state index in [9.17, 15) is 28.2 Å². The fourth-order valence-corrected chi connectivity index (χ4v) is 2.13. The summed E-state index contributed by atoms with van der Waals surface area (Å²) in [6, 6.07) is 10.7. The minimum absolute atomic E-state index is 0.00733. The molecule has 0 heterocycles. The van der Waals surface area contributed by atoms with Crippen molar-refractivity contribution in [3.8, 4) is 11.5 Å². The standard InChI is InChI=1S/C16H13F3O3/c17-16(18,19)15(22)14(11-3-7-13(21)8-4-11)9-10-1-5-12(20)6-2-10/h1-8,14,20-21H,9H2/t14-/m1/s1. The summed E-state index contributed by atoms with van der Waals surface area (Å²) in [6.07, 6.45) is -5.09. The summed E-state index contributed by atoms with van der Waals surface area (Å²) in [6.45, 7) is 0. The van der Waals surface area contributed by atoms with E-state index in [1.807, 2.05) is 0 Å². The number of phenols is 2. The van der Waals surface area contributed by atoms with Crippen LogP contribution in [0.25, 0.3) is 0 Å². The third-order valence-electron chi connectivity index (χ3n) is 3.27. The van der Waals surface area contributed by atoms with E-state index < -0.39 is 17.9 Å². The zero-order chi connectivity index (χ0) is 16.3. The predicted octanol–water partition coefficient (Wildman–Crippen LogP) is 3.56. The van der Waals surface area contributed by atoms with Gasteiger partial charge in [-0.2, -0.15) is 13.2 Å². The molecule has 2 aromatic rings. The highest BCUT2D eigenvalue weighted by atomic mass is 19.4. The molecule has 1 atom stereocenters. The van der Waals surface area contributed by atoms with Crippen LogP contribution in [0.15, 0.2) is 48.5 Å². The molecule has 0 unspecified atom stereocenters. The average Bonchev–Trinajstić information content (AvgIpc) is 2.46. The lowest BCUT2D eigenvalue weighted by atomic mass is 9.88. The number of phenolic OH excluding ortho intramolecular Hbond substituents is 2. The molecule has 2 rings (SSSR count). The van der Waals surface area contributed by atoms with E-state index in [-0.39, 0.29) is 23.5 Å². The van der Waals surface area contributed by atoms with Gasteiger partial charge in [-0.25, -0.2) is 0 Å². The number of ketones is 1. The second-order valence-electron chi connectivity index (χ2n) is 4.88. The van der Waals surface area contributed by atoms with Crippen LogP contribution in [0.5, 0.6) is 11.5 Å². The summed E-state index contributed by atoms with van der Waals surface area (Å²) in [4.78, 5) is 11.7. The Morgan fingerprint density at radius 2 is 1.36 bits per heavy atom. The van der Waals surface area contributed by atoms with Gasteiger partial charge >= 0.3 is 6.18 Å². The second kappa shape index (κ2) is 6.09. The first-order valence-corrected chi connectivity index (χ1v) is 6.45.